The topological polar surface area (TPSA) is 92.4 Å². The van der Waals surface area contributed by atoms with E-state index >= 15 is 0 Å². The van der Waals surface area contributed by atoms with Gasteiger partial charge in [0.15, 0.2) is 0 Å². The molecular weight excluding hydrogens is 184 g/mol. The molecule has 5 heteroatoms. The van der Waals surface area contributed by atoms with Crippen LogP contribution >= 0.6 is 0 Å². The zero-order chi connectivity index (χ0) is 10.8. The van der Waals surface area contributed by atoms with Crippen LogP contribution in [0.15, 0.2) is 0 Å². The number of nitrogens with one attached hydrogen (secondary N) is 1. The first-order valence-corrected chi connectivity index (χ1v) is 4.71. The summed E-state index contributed by atoms with van der Waals surface area (Å²) in [6, 6.07) is 0. The monoisotopic (exact) mass is 200 g/mol. The van der Waals surface area contributed by atoms with Crippen molar-refractivity contribution in [2.24, 2.45) is 11.7 Å². The Bertz CT molecular complexity index is 254. The molecule has 2 unspecified atom stereocenters. The van der Waals surface area contributed by atoms with Gasteiger partial charge in [0.05, 0.1) is 0 Å². The summed E-state index contributed by atoms with van der Waals surface area (Å²) >= 11 is 0. The zero-order valence-electron chi connectivity index (χ0n) is 8.25. The maximum Gasteiger partial charge on any atom is 0.323 e. The van der Waals surface area contributed by atoms with E-state index in [0.717, 1.165) is 6.42 Å². The number of carbonyl (C=O) groups is 2. The summed E-state index contributed by atoms with van der Waals surface area (Å²) in [5.74, 6) is -0.835. The van der Waals surface area contributed by atoms with Crippen LogP contribution in [-0.4, -0.2) is 29.1 Å². The molecule has 80 valence electrons. The molecule has 1 saturated carbocycles. The first kappa shape index (κ1) is 11.0. The van der Waals surface area contributed by atoms with Crippen LogP contribution in [0.25, 0.3) is 0 Å². The number of carbonyl (C=O) groups excluding carboxylic acids is 1. The molecule has 0 radical (unpaired) electrons. The average molecular weight is 200 g/mol. The van der Waals surface area contributed by atoms with Crippen molar-refractivity contribution in [1.29, 1.82) is 0 Å². The molecule has 4 N–H and O–H groups in total. The van der Waals surface area contributed by atoms with Gasteiger partial charge in [0, 0.05) is 13.5 Å². The molecule has 1 amide bonds. The minimum Gasteiger partial charge on any atom is -0.480 e. The van der Waals surface area contributed by atoms with E-state index < -0.39 is 11.5 Å². The number of nitrogens with two attached hydrogens (primary N) is 1. The molecule has 5 nitrogen and oxygen atoms in total. The van der Waals surface area contributed by atoms with Gasteiger partial charge in [0.25, 0.3) is 0 Å². The highest BCUT2D eigenvalue weighted by molar-refractivity contribution is 5.79. The molecule has 0 aromatic rings. The smallest absolute Gasteiger partial charge is 0.323 e. The summed E-state index contributed by atoms with van der Waals surface area (Å²) < 4.78 is 0. The fraction of sp³-hybridized carbons (Fsp3) is 0.778. The van der Waals surface area contributed by atoms with E-state index in [4.69, 9.17) is 10.8 Å². The van der Waals surface area contributed by atoms with Gasteiger partial charge < -0.3 is 16.2 Å². The summed E-state index contributed by atoms with van der Waals surface area (Å²) in [5, 5.41) is 11.5. The first-order chi connectivity index (χ1) is 6.44. The lowest BCUT2D eigenvalue weighted by Gasteiger charge is -2.18. The molecule has 1 rings (SSSR count). The van der Waals surface area contributed by atoms with Crippen LogP contribution in [0.2, 0.25) is 0 Å². The number of hydrogen-bond acceptors (Lipinski definition) is 3. The number of rotatable bonds is 3. The standard InChI is InChI=1S/C9H16N2O3/c1-6(12)11-5-7-2-3-9(10,4-7)8(13)14/h7H,2-5,10H2,1H3,(H,11,12)(H,13,14). The van der Waals surface area contributed by atoms with Crippen molar-refractivity contribution in [2.75, 3.05) is 6.54 Å². The number of hydrogen-bond donors (Lipinski definition) is 3. The summed E-state index contributed by atoms with van der Waals surface area (Å²) in [4.78, 5) is 21.4. The molecule has 0 saturated heterocycles. The van der Waals surface area contributed by atoms with Crippen LogP contribution in [0.4, 0.5) is 0 Å². The van der Waals surface area contributed by atoms with Crippen molar-refractivity contribution in [3.8, 4) is 0 Å². The lowest BCUT2D eigenvalue weighted by Crippen LogP contribution is -2.45. The van der Waals surface area contributed by atoms with Crippen molar-refractivity contribution < 1.29 is 14.7 Å². The van der Waals surface area contributed by atoms with Crippen LogP contribution in [-0.2, 0) is 9.59 Å². The van der Waals surface area contributed by atoms with Gasteiger partial charge in [-0.15, -0.1) is 0 Å². The predicted octanol–water partition coefficient (Wildman–Crippen LogP) is -0.295. The van der Waals surface area contributed by atoms with E-state index in [1.807, 2.05) is 0 Å². The quantitative estimate of drug-likeness (QED) is 0.583. The zero-order valence-corrected chi connectivity index (χ0v) is 8.25. The highest BCUT2D eigenvalue weighted by Crippen LogP contribution is 2.32. The van der Waals surface area contributed by atoms with Crippen molar-refractivity contribution in [3.63, 3.8) is 0 Å². The Morgan fingerprint density at radius 2 is 2.29 bits per heavy atom. The van der Waals surface area contributed by atoms with Crippen molar-refractivity contribution >= 4 is 11.9 Å². The Labute approximate surface area is 82.7 Å². The molecule has 2 atom stereocenters. The fourth-order valence-corrected chi connectivity index (χ4v) is 1.84. The fourth-order valence-electron chi connectivity index (χ4n) is 1.84. The van der Waals surface area contributed by atoms with Crippen LogP contribution in [0, 0.1) is 5.92 Å². The molecule has 0 aromatic heterocycles. The van der Waals surface area contributed by atoms with E-state index in [1.54, 1.807) is 0 Å². The summed E-state index contributed by atoms with van der Waals surface area (Å²) in [5.41, 5.74) is 4.61. The molecular formula is C9H16N2O3. The van der Waals surface area contributed by atoms with Gasteiger partial charge >= 0.3 is 5.97 Å². The van der Waals surface area contributed by atoms with Crippen molar-refractivity contribution in [1.82, 2.24) is 5.32 Å². The highest BCUT2D eigenvalue weighted by Gasteiger charge is 2.41. The van der Waals surface area contributed by atoms with E-state index in [2.05, 4.69) is 5.32 Å². The molecule has 0 spiro atoms. The van der Waals surface area contributed by atoms with E-state index in [-0.39, 0.29) is 11.8 Å². The third-order valence-corrected chi connectivity index (χ3v) is 2.72. The third-order valence-electron chi connectivity index (χ3n) is 2.72. The Balaban J connectivity index is 2.41. The number of aliphatic carboxylic acids is 1. The Morgan fingerprint density at radius 1 is 1.64 bits per heavy atom. The van der Waals surface area contributed by atoms with Gasteiger partial charge in [-0.2, -0.15) is 0 Å². The normalized spacial score (nSPS) is 31.4. The predicted molar refractivity (Wildman–Crippen MR) is 50.6 cm³/mol. The molecule has 0 aliphatic heterocycles. The number of carboxylic acid groups (broad SMARTS) is 1. The average Bonchev–Trinajstić information content (AvgIpc) is 2.45. The van der Waals surface area contributed by atoms with Gasteiger partial charge in [0.1, 0.15) is 5.54 Å². The van der Waals surface area contributed by atoms with Crippen LogP contribution in [0.5, 0.6) is 0 Å². The number of carboxylic acids is 1. The van der Waals surface area contributed by atoms with Gasteiger partial charge in [-0.25, -0.2) is 0 Å². The minimum atomic E-state index is -1.08. The third kappa shape index (κ3) is 2.45. The van der Waals surface area contributed by atoms with Crippen LogP contribution in [0.3, 0.4) is 0 Å². The Kier molecular flexibility index (Phi) is 3.10. The Hall–Kier alpha value is -1.10. The van der Waals surface area contributed by atoms with E-state index in [1.165, 1.54) is 6.92 Å². The van der Waals surface area contributed by atoms with Crippen molar-refractivity contribution in [3.05, 3.63) is 0 Å². The first-order valence-electron chi connectivity index (χ1n) is 4.71. The maximum atomic E-state index is 10.8. The molecule has 14 heavy (non-hydrogen) atoms. The SMILES string of the molecule is CC(=O)NCC1CCC(N)(C(=O)O)C1. The van der Waals surface area contributed by atoms with Gasteiger partial charge in [-0.3, -0.25) is 9.59 Å². The van der Waals surface area contributed by atoms with E-state index in [0.29, 0.717) is 19.4 Å². The largest absolute Gasteiger partial charge is 0.480 e. The van der Waals surface area contributed by atoms with Crippen molar-refractivity contribution in [2.45, 2.75) is 31.7 Å². The second-order valence-corrected chi connectivity index (χ2v) is 4.01. The van der Waals surface area contributed by atoms with Gasteiger partial charge in [-0.1, -0.05) is 0 Å². The minimum absolute atomic E-state index is 0.0881. The molecule has 1 aliphatic carbocycles. The lowest BCUT2D eigenvalue weighted by atomic mass is 9.97. The summed E-state index contributed by atoms with van der Waals surface area (Å²) in [7, 11) is 0. The van der Waals surface area contributed by atoms with Crippen LogP contribution in [0.1, 0.15) is 26.2 Å². The van der Waals surface area contributed by atoms with Gasteiger partial charge in [0.2, 0.25) is 5.91 Å². The molecule has 0 bridgehead atoms. The summed E-state index contributed by atoms with van der Waals surface area (Å²) in [6.07, 6.45) is 1.71. The lowest BCUT2D eigenvalue weighted by molar-refractivity contribution is -0.143. The maximum absolute atomic E-state index is 10.8. The van der Waals surface area contributed by atoms with Crippen LogP contribution < -0.4 is 11.1 Å². The Morgan fingerprint density at radius 3 is 2.71 bits per heavy atom. The van der Waals surface area contributed by atoms with E-state index in [9.17, 15) is 9.59 Å². The molecule has 1 aliphatic rings. The second kappa shape index (κ2) is 3.96. The van der Waals surface area contributed by atoms with Gasteiger partial charge in [-0.05, 0) is 25.2 Å². The summed E-state index contributed by atoms with van der Waals surface area (Å²) in [6.45, 7) is 1.98. The highest BCUT2D eigenvalue weighted by atomic mass is 16.4. The second-order valence-electron chi connectivity index (χ2n) is 4.01. The molecule has 1 fully saturated rings. The molecule has 0 aromatic carbocycles. The molecule has 0 heterocycles. The number of amides is 1.